The summed E-state index contributed by atoms with van der Waals surface area (Å²) < 4.78 is 0. The van der Waals surface area contributed by atoms with Crippen LogP contribution in [0, 0.1) is 5.41 Å². The van der Waals surface area contributed by atoms with E-state index in [0.717, 1.165) is 18.0 Å². The van der Waals surface area contributed by atoms with Crippen LogP contribution in [0.3, 0.4) is 0 Å². The van der Waals surface area contributed by atoms with Crippen LogP contribution in [-0.4, -0.2) is 24.5 Å². The number of nitrogens with zero attached hydrogens (tertiary/aromatic N) is 1. The number of hydrogen-bond donors (Lipinski definition) is 1. The molecule has 0 amide bonds. The smallest absolute Gasteiger partial charge is 0.0406 e. The minimum absolute atomic E-state index is 0.116. The number of halogens is 1. The van der Waals surface area contributed by atoms with Crippen molar-refractivity contribution >= 4 is 11.6 Å². The van der Waals surface area contributed by atoms with Crippen LogP contribution in [0.5, 0.6) is 0 Å². The van der Waals surface area contributed by atoms with Gasteiger partial charge in [0.25, 0.3) is 0 Å². The fourth-order valence-electron chi connectivity index (χ4n) is 3.24. The van der Waals surface area contributed by atoms with Crippen LogP contribution in [0.1, 0.15) is 51.1 Å². The Labute approximate surface area is 128 Å². The van der Waals surface area contributed by atoms with E-state index in [1.807, 2.05) is 24.3 Å². The van der Waals surface area contributed by atoms with Gasteiger partial charge in [0.05, 0.1) is 0 Å². The van der Waals surface area contributed by atoms with Crippen molar-refractivity contribution in [3.8, 4) is 0 Å². The van der Waals surface area contributed by atoms with Gasteiger partial charge in [0, 0.05) is 17.6 Å². The molecule has 20 heavy (non-hydrogen) atoms. The molecular weight excluding hydrogens is 268 g/mol. The Morgan fingerprint density at radius 3 is 2.45 bits per heavy atom. The molecule has 0 aromatic heterocycles. The van der Waals surface area contributed by atoms with Crippen molar-refractivity contribution in [3.05, 3.63) is 34.9 Å². The Morgan fingerprint density at radius 1 is 1.25 bits per heavy atom. The average molecular weight is 295 g/mol. The quantitative estimate of drug-likeness (QED) is 0.850. The molecule has 0 bridgehead atoms. The van der Waals surface area contributed by atoms with Crippen LogP contribution in [0.15, 0.2) is 24.3 Å². The third-order valence-electron chi connectivity index (χ3n) is 5.07. The van der Waals surface area contributed by atoms with Gasteiger partial charge in [0.15, 0.2) is 0 Å². The summed E-state index contributed by atoms with van der Waals surface area (Å²) in [5.41, 5.74) is 8.03. The minimum Gasteiger partial charge on any atom is -0.324 e. The Morgan fingerprint density at radius 2 is 1.90 bits per heavy atom. The van der Waals surface area contributed by atoms with E-state index in [0.29, 0.717) is 5.41 Å². The number of benzene rings is 1. The van der Waals surface area contributed by atoms with Gasteiger partial charge in [-0.05, 0) is 61.9 Å². The lowest BCUT2D eigenvalue weighted by atomic mass is 9.82. The summed E-state index contributed by atoms with van der Waals surface area (Å²) in [7, 11) is 0. The summed E-state index contributed by atoms with van der Waals surface area (Å²) in [6.45, 7) is 8.23. The summed E-state index contributed by atoms with van der Waals surface area (Å²) in [5.74, 6) is 0. The Hall–Kier alpha value is -0.570. The van der Waals surface area contributed by atoms with Crippen molar-refractivity contribution in [2.75, 3.05) is 19.6 Å². The summed E-state index contributed by atoms with van der Waals surface area (Å²) in [6, 6.07) is 8.04. The molecule has 0 spiro atoms. The molecule has 112 valence electrons. The molecule has 0 aliphatic carbocycles. The minimum atomic E-state index is 0.116. The topological polar surface area (TPSA) is 29.3 Å². The average Bonchev–Trinajstić information content (AvgIpc) is 2.90. The maximum absolute atomic E-state index is 6.29. The second-order valence-corrected chi connectivity index (χ2v) is 6.62. The molecule has 1 aliphatic rings. The van der Waals surface area contributed by atoms with Gasteiger partial charge < -0.3 is 10.6 Å². The summed E-state index contributed by atoms with van der Waals surface area (Å²) in [6.07, 6.45) is 4.95. The van der Waals surface area contributed by atoms with E-state index in [9.17, 15) is 0 Å². The van der Waals surface area contributed by atoms with Crippen LogP contribution in [-0.2, 0) is 0 Å². The molecule has 2 nitrogen and oxygen atoms in total. The molecule has 0 radical (unpaired) electrons. The predicted molar refractivity (Wildman–Crippen MR) is 87.1 cm³/mol. The van der Waals surface area contributed by atoms with E-state index >= 15 is 0 Å². The molecule has 1 unspecified atom stereocenters. The van der Waals surface area contributed by atoms with Gasteiger partial charge in [0.1, 0.15) is 0 Å². The largest absolute Gasteiger partial charge is 0.324 e. The van der Waals surface area contributed by atoms with Gasteiger partial charge in [-0.25, -0.2) is 0 Å². The van der Waals surface area contributed by atoms with Gasteiger partial charge in [-0.3, -0.25) is 0 Å². The highest BCUT2D eigenvalue weighted by atomic mass is 35.5. The van der Waals surface area contributed by atoms with Crippen LogP contribution in [0.4, 0.5) is 0 Å². The first-order chi connectivity index (χ1) is 9.58. The number of likely N-dealkylation sites (tertiary alicyclic amines) is 1. The number of nitrogens with two attached hydrogens (primary N) is 1. The standard InChI is InChI=1S/C17H27ClN2/c1-3-17(4-2)10-12-20(13-17)11-9-16(19)14-5-7-15(18)8-6-14/h5-8,16H,3-4,9-13,19H2,1-2H3. The maximum atomic E-state index is 6.29. The van der Waals surface area contributed by atoms with Crippen LogP contribution >= 0.6 is 11.6 Å². The number of rotatable bonds is 6. The summed E-state index contributed by atoms with van der Waals surface area (Å²) in [4.78, 5) is 2.59. The lowest BCUT2D eigenvalue weighted by Crippen LogP contribution is -2.29. The number of hydrogen-bond acceptors (Lipinski definition) is 2. The third kappa shape index (κ3) is 3.75. The Kier molecular flexibility index (Phi) is 5.48. The zero-order chi connectivity index (χ0) is 14.6. The lowest BCUT2D eigenvalue weighted by Gasteiger charge is -2.27. The monoisotopic (exact) mass is 294 g/mol. The highest BCUT2D eigenvalue weighted by Crippen LogP contribution is 2.37. The van der Waals surface area contributed by atoms with Gasteiger partial charge in [-0.1, -0.05) is 37.6 Å². The van der Waals surface area contributed by atoms with Crippen LogP contribution < -0.4 is 5.73 Å². The van der Waals surface area contributed by atoms with Crippen LogP contribution in [0.25, 0.3) is 0 Å². The van der Waals surface area contributed by atoms with Gasteiger partial charge >= 0.3 is 0 Å². The van der Waals surface area contributed by atoms with Crippen molar-refractivity contribution < 1.29 is 0 Å². The molecule has 1 atom stereocenters. The molecule has 1 fully saturated rings. The highest BCUT2D eigenvalue weighted by molar-refractivity contribution is 6.30. The van der Waals surface area contributed by atoms with E-state index in [1.165, 1.54) is 37.9 Å². The first-order valence-electron chi connectivity index (χ1n) is 7.82. The van der Waals surface area contributed by atoms with Crippen molar-refractivity contribution in [3.63, 3.8) is 0 Å². The predicted octanol–water partition coefficient (Wildman–Crippen LogP) is 4.24. The fourth-order valence-corrected chi connectivity index (χ4v) is 3.37. The van der Waals surface area contributed by atoms with E-state index in [1.54, 1.807) is 0 Å². The first kappa shape index (κ1) is 15.8. The molecule has 2 rings (SSSR count). The molecule has 2 N–H and O–H groups in total. The Bertz CT molecular complexity index is 412. The molecule has 1 aromatic carbocycles. The highest BCUT2D eigenvalue weighted by Gasteiger charge is 2.34. The normalized spacial score (nSPS) is 20.2. The second kappa shape index (κ2) is 6.93. The van der Waals surface area contributed by atoms with E-state index in [-0.39, 0.29) is 6.04 Å². The van der Waals surface area contributed by atoms with Gasteiger partial charge in [-0.15, -0.1) is 0 Å². The van der Waals surface area contributed by atoms with Gasteiger partial charge in [-0.2, -0.15) is 0 Å². The maximum Gasteiger partial charge on any atom is 0.0406 e. The summed E-state index contributed by atoms with van der Waals surface area (Å²) >= 11 is 5.91. The molecule has 1 saturated heterocycles. The Balaban J connectivity index is 1.82. The van der Waals surface area contributed by atoms with Crippen molar-refractivity contribution in [1.29, 1.82) is 0 Å². The fraction of sp³-hybridized carbons (Fsp3) is 0.647. The van der Waals surface area contributed by atoms with E-state index < -0.39 is 0 Å². The lowest BCUT2D eigenvalue weighted by molar-refractivity contribution is 0.236. The van der Waals surface area contributed by atoms with Gasteiger partial charge in [0.2, 0.25) is 0 Å². The molecule has 1 heterocycles. The van der Waals surface area contributed by atoms with E-state index in [4.69, 9.17) is 17.3 Å². The molecule has 0 saturated carbocycles. The molecule has 1 aromatic rings. The zero-order valence-corrected chi connectivity index (χ0v) is 13.5. The van der Waals surface area contributed by atoms with Crippen LogP contribution in [0.2, 0.25) is 5.02 Å². The summed E-state index contributed by atoms with van der Waals surface area (Å²) in [5, 5.41) is 0.774. The molecular formula is C17H27ClN2. The van der Waals surface area contributed by atoms with Crippen molar-refractivity contribution in [1.82, 2.24) is 4.90 Å². The third-order valence-corrected chi connectivity index (χ3v) is 5.32. The SMILES string of the molecule is CCC1(CC)CCN(CCC(N)c2ccc(Cl)cc2)C1. The van der Waals surface area contributed by atoms with E-state index in [2.05, 4.69) is 18.7 Å². The molecule has 3 heteroatoms. The first-order valence-corrected chi connectivity index (χ1v) is 8.20. The van der Waals surface area contributed by atoms with Crippen molar-refractivity contribution in [2.24, 2.45) is 11.1 Å². The molecule has 1 aliphatic heterocycles. The second-order valence-electron chi connectivity index (χ2n) is 6.18. The van der Waals surface area contributed by atoms with Crippen molar-refractivity contribution in [2.45, 2.75) is 45.6 Å². The zero-order valence-electron chi connectivity index (χ0n) is 12.7.